The van der Waals surface area contributed by atoms with Gasteiger partial charge in [-0.25, -0.2) is 9.59 Å². The Kier molecular flexibility index (Phi) is 10.6. The minimum absolute atomic E-state index is 0.107. The van der Waals surface area contributed by atoms with Crippen LogP contribution in [0.2, 0.25) is 0 Å². The van der Waals surface area contributed by atoms with Crippen LogP contribution in [0, 0.1) is 0 Å². The van der Waals surface area contributed by atoms with Gasteiger partial charge in [0, 0.05) is 31.5 Å². The van der Waals surface area contributed by atoms with Gasteiger partial charge in [-0.1, -0.05) is 6.07 Å². The van der Waals surface area contributed by atoms with E-state index in [0.717, 1.165) is 44.0 Å². The molecule has 2 aliphatic rings. The molecule has 37 heavy (non-hydrogen) atoms. The lowest BCUT2D eigenvalue weighted by Crippen LogP contribution is -2.51. The fraction of sp³-hybridized carbons (Fsp3) is 0.455. The van der Waals surface area contributed by atoms with Crippen molar-refractivity contribution in [3.8, 4) is 5.75 Å². The van der Waals surface area contributed by atoms with Gasteiger partial charge in [-0.2, -0.15) is 26.3 Å². The van der Waals surface area contributed by atoms with Crippen molar-refractivity contribution in [1.82, 2.24) is 14.9 Å². The fourth-order valence-electron chi connectivity index (χ4n) is 3.61. The third kappa shape index (κ3) is 9.84. The topological polar surface area (TPSA) is 122 Å². The van der Waals surface area contributed by atoms with Crippen molar-refractivity contribution < 1.29 is 55.6 Å². The number of fused-ring (bicyclic) bond motifs is 1. The molecule has 4 rings (SSSR count). The SMILES string of the molecule is O=C(O)C(F)(F)F.O=C(O)C(F)(F)F.c1ccc(CN2CCO[C@H]3[C@@H](Oc4cccnc4)CC[C@@H]32)nc1. The molecule has 0 aromatic carbocycles. The maximum absolute atomic E-state index is 10.6. The number of carbonyl (C=O) groups is 2. The van der Waals surface area contributed by atoms with Crippen LogP contribution in [0.25, 0.3) is 0 Å². The summed E-state index contributed by atoms with van der Waals surface area (Å²) in [7, 11) is 0. The molecule has 0 unspecified atom stereocenters. The van der Waals surface area contributed by atoms with Gasteiger partial charge in [-0.3, -0.25) is 14.9 Å². The smallest absolute Gasteiger partial charge is 0.486 e. The molecule has 2 fully saturated rings. The van der Waals surface area contributed by atoms with Crippen LogP contribution < -0.4 is 4.74 Å². The van der Waals surface area contributed by atoms with E-state index in [0.29, 0.717) is 6.04 Å². The normalized spacial score (nSPS) is 21.4. The molecule has 0 bridgehead atoms. The van der Waals surface area contributed by atoms with Gasteiger partial charge in [0.1, 0.15) is 18.0 Å². The molecule has 1 saturated heterocycles. The van der Waals surface area contributed by atoms with Gasteiger partial charge in [0.15, 0.2) is 0 Å². The van der Waals surface area contributed by atoms with Crippen LogP contribution in [-0.4, -0.2) is 80.8 Å². The van der Waals surface area contributed by atoms with E-state index in [1.165, 1.54) is 0 Å². The van der Waals surface area contributed by atoms with E-state index in [9.17, 15) is 26.3 Å². The second-order valence-corrected chi connectivity index (χ2v) is 7.72. The number of alkyl halides is 6. The van der Waals surface area contributed by atoms with Crippen LogP contribution >= 0.6 is 0 Å². The lowest BCUT2D eigenvalue weighted by Gasteiger charge is -2.38. The summed E-state index contributed by atoms with van der Waals surface area (Å²) < 4.78 is 75.6. The Balaban J connectivity index is 0.000000286. The van der Waals surface area contributed by atoms with Gasteiger partial charge in [0.25, 0.3) is 0 Å². The molecular weight excluding hydrogens is 516 g/mol. The van der Waals surface area contributed by atoms with E-state index >= 15 is 0 Å². The van der Waals surface area contributed by atoms with Crippen molar-refractivity contribution in [2.24, 2.45) is 0 Å². The molecule has 0 spiro atoms. The van der Waals surface area contributed by atoms with Crippen molar-refractivity contribution in [3.05, 3.63) is 54.6 Å². The highest BCUT2D eigenvalue weighted by Gasteiger charge is 2.44. The maximum Gasteiger partial charge on any atom is 0.490 e. The largest absolute Gasteiger partial charge is 0.490 e. The summed E-state index contributed by atoms with van der Waals surface area (Å²) in [6.45, 7) is 2.59. The van der Waals surface area contributed by atoms with Crippen LogP contribution in [0.4, 0.5) is 26.3 Å². The van der Waals surface area contributed by atoms with E-state index < -0.39 is 24.3 Å². The summed E-state index contributed by atoms with van der Waals surface area (Å²) in [5, 5.41) is 14.2. The number of halogens is 6. The molecule has 0 radical (unpaired) electrons. The van der Waals surface area contributed by atoms with Crippen LogP contribution in [0.3, 0.4) is 0 Å². The molecule has 3 heterocycles. The number of pyridine rings is 2. The number of aliphatic carboxylic acids is 2. The first-order valence-corrected chi connectivity index (χ1v) is 10.7. The van der Waals surface area contributed by atoms with Crippen molar-refractivity contribution in [3.63, 3.8) is 0 Å². The standard InChI is InChI=1S/C18H21N3O2.2C2HF3O2/c1-2-9-20-14(4-1)13-21-10-11-22-18-16(21)6-7-17(18)23-15-5-3-8-19-12-15;2*3-2(4,5)1(6)7/h1-5,8-9,12,16-18H,6-7,10-11,13H2;2*(H,6,7)/t16-,17-,18+;;/m0../s1. The quantitative estimate of drug-likeness (QED) is 0.562. The summed E-state index contributed by atoms with van der Waals surface area (Å²) >= 11 is 0. The Morgan fingerprint density at radius 1 is 1.00 bits per heavy atom. The molecule has 1 aliphatic heterocycles. The molecule has 204 valence electrons. The molecule has 0 amide bonds. The first-order valence-electron chi connectivity index (χ1n) is 10.7. The number of morpholine rings is 1. The van der Waals surface area contributed by atoms with Crippen LogP contribution in [0.15, 0.2) is 48.9 Å². The Bertz CT molecular complexity index is 970. The highest BCUT2D eigenvalue weighted by molar-refractivity contribution is 5.73. The third-order valence-corrected chi connectivity index (χ3v) is 5.15. The van der Waals surface area contributed by atoms with Gasteiger partial charge < -0.3 is 19.7 Å². The van der Waals surface area contributed by atoms with E-state index in [1.807, 2.05) is 30.5 Å². The minimum atomic E-state index is -5.08. The number of hydrogen-bond donors (Lipinski definition) is 2. The number of nitrogens with zero attached hydrogens (tertiary/aromatic N) is 3. The van der Waals surface area contributed by atoms with Crippen LogP contribution in [-0.2, 0) is 20.9 Å². The number of carboxylic acids is 2. The van der Waals surface area contributed by atoms with Gasteiger partial charge in [-0.15, -0.1) is 0 Å². The van der Waals surface area contributed by atoms with E-state index in [2.05, 4.69) is 20.9 Å². The predicted molar refractivity (Wildman–Crippen MR) is 113 cm³/mol. The van der Waals surface area contributed by atoms with E-state index in [4.69, 9.17) is 29.3 Å². The highest BCUT2D eigenvalue weighted by atomic mass is 19.4. The van der Waals surface area contributed by atoms with Crippen LogP contribution in [0.1, 0.15) is 18.5 Å². The Labute approximate surface area is 206 Å². The molecule has 15 heteroatoms. The molecule has 2 N–H and O–H groups in total. The average Bonchev–Trinajstić information content (AvgIpc) is 3.24. The molecular formula is C22H23F6N3O6. The van der Waals surface area contributed by atoms with Gasteiger partial charge in [0.2, 0.25) is 0 Å². The zero-order chi connectivity index (χ0) is 27.6. The lowest BCUT2D eigenvalue weighted by molar-refractivity contribution is -0.193. The maximum atomic E-state index is 10.6. The zero-order valence-corrected chi connectivity index (χ0v) is 19.0. The number of carboxylic acid groups (broad SMARTS) is 2. The van der Waals surface area contributed by atoms with Crippen molar-refractivity contribution in [2.75, 3.05) is 13.2 Å². The lowest BCUT2D eigenvalue weighted by atomic mass is 10.1. The first kappa shape index (κ1) is 29.8. The molecule has 2 aromatic heterocycles. The number of rotatable bonds is 4. The fourth-order valence-corrected chi connectivity index (χ4v) is 3.61. The third-order valence-electron chi connectivity index (χ3n) is 5.15. The van der Waals surface area contributed by atoms with Gasteiger partial charge >= 0.3 is 24.3 Å². The molecule has 1 saturated carbocycles. The predicted octanol–water partition coefficient (Wildman–Crippen LogP) is 3.55. The summed E-state index contributed by atoms with van der Waals surface area (Å²) in [4.78, 5) is 28.8. The molecule has 9 nitrogen and oxygen atoms in total. The minimum Gasteiger partial charge on any atom is -0.486 e. The molecule has 1 aliphatic carbocycles. The summed E-state index contributed by atoms with van der Waals surface area (Å²) in [6, 6.07) is 10.4. The monoisotopic (exact) mass is 539 g/mol. The van der Waals surface area contributed by atoms with E-state index in [1.54, 1.807) is 12.4 Å². The zero-order valence-electron chi connectivity index (χ0n) is 19.0. The van der Waals surface area contributed by atoms with E-state index in [-0.39, 0.29) is 12.2 Å². The number of hydrogen-bond acceptors (Lipinski definition) is 7. The first-order chi connectivity index (χ1) is 17.3. The summed E-state index contributed by atoms with van der Waals surface area (Å²) in [5.41, 5.74) is 1.12. The number of ether oxygens (including phenoxy) is 2. The second kappa shape index (κ2) is 13.2. The van der Waals surface area contributed by atoms with Crippen LogP contribution in [0.5, 0.6) is 5.75 Å². The van der Waals surface area contributed by atoms with Crippen molar-refractivity contribution >= 4 is 11.9 Å². The average molecular weight is 539 g/mol. The van der Waals surface area contributed by atoms with Gasteiger partial charge in [0.05, 0.1) is 18.5 Å². The second-order valence-electron chi connectivity index (χ2n) is 7.72. The highest BCUT2D eigenvalue weighted by Crippen LogP contribution is 2.33. The Morgan fingerprint density at radius 3 is 2.16 bits per heavy atom. The Hall–Kier alpha value is -3.46. The molecule has 2 aromatic rings. The van der Waals surface area contributed by atoms with Crippen molar-refractivity contribution in [1.29, 1.82) is 0 Å². The summed E-state index contributed by atoms with van der Waals surface area (Å²) in [5.74, 6) is -4.69. The van der Waals surface area contributed by atoms with Gasteiger partial charge in [-0.05, 0) is 37.1 Å². The summed E-state index contributed by atoms with van der Waals surface area (Å²) in [6.07, 6.45) is -2.43. The molecule has 3 atom stereocenters. The van der Waals surface area contributed by atoms with Crippen molar-refractivity contribution in [2.45, 2.75) is 50.0 Å². The Morgan fingerprint density at radius 2 is 1.65 bits per heavy atom. The number of aromatic nitrogens is 2.